The summed E-state index contributed by atoms with van der Waals surface area (Å²) in [6.45, 7) is 2.74. The highest BCUT2D eigenvalue weighted by Crippen LogP contribution is 2.36. The predicted octanol–water partition coefficient (Wildman–Crippen LogP) is 3.70. The molecule has 1 aromatic rings. The fourth-order valence-electron chi connectivity index (χ4n) is 2.18. The first-order valence-electron chi connectivity index (χ1n) is 5.29. The van der Waals surface area contributed by atoms with Gasteiger partial charge in [-0.15, -0.1) is 12.4 Å². The fourth-order valence-corrected chi connectivity index (χ4v) is 2.51. The molecule has 4 heteroatoms. The van der Waals surface area contributed by atoms with Gasteiger partial charge < -0.3 is 5.32 Å². The number of nitrogens with one attached hydrogen (secondary N) is 1. The Kier molecular flexibility index (Phi) is 4.60. The van der Waals surface area contributed by atoms with Crippen molar-refractivity contribution < 1.29 is 4.39 Å². The molecular formula is C12H16Cl2FN. The van der Waals surface area contributed by atoms with E-state index in [0.717, 1.165) is 18.5 Å². The van der Waals surface area contributed by atoms with Gasteiger partial charge in [0.25, 0.3) is 0 Å². The molecule has 1 heterocycles. The Balaban J connectivity index is 0.00000128. The van der Waals surface area contributed by atoms with Crippen molar-refractivity contribution in [2.75, 3.05) is 6.54 Å². The van der Waals surface area contributed by atoms with Gasteiger partial charge in [-0.05, 0) is 37.9 Å². The van der Waals surface area contributed by atoms with Crippen molar-refractivity contribution in [2.45, 2.75) is 31.5 Å². The molecule has 0 aromatic heterocycles. The van der Waals surface area contributed by atoms with E-state index < -0.39 is 11.7 Å². The zero-order valence-corrected chi connectivity index (χ0v) is 10.7. The lowest BCUT2D eigenvalue weighted by Crippen LogP contribution is -2.51. The third kappa shape index (κ3) is 2.34. The lowest BCUT2D eigenvalue weighted by molar-refractivity contribution is 0.121. The van der Waals surface area contributed by atoms with Gasteiger partial charge in [0.1, 0.15) is 6.17 Å². The summed E-state index contributed by atoms with van der Waals surface area (Å²) in [7, 11) is 0. The number of benzene rings is 1. The number of rotatable bonds is 1. The van der Waals surface area contributed by atoms with Crippen LogP contribution in [0.5, 0.6) is 0 Å². The van der Waals surface area contributed by atoms with Crippen molar-refractivity contribution in [1.29, 1.82) is 0 Å². The molecule has 2 atom stereocenters. The molecule has 1 aliphatic rings. The van der Waals surface area contributed by atoms with E-state index in [4.69, 9.17) is 11.6 Å². The van der Waals surface area contributed by atoms with E-state index in [1.165, 1.54) is 0 Å². The minimum Gasteiger partial charge on any atom is -0.305 e. The van der Waals surface area contributed by atoms with Gasteiger partial charge in [0.05, 0.1) is 5.54 Å². The number of hydrogen-bond donors (Lipinski definition) is 1. The van der Waals surface area contributed by atoms with Crippen LogP contribution in [-0.2, 0) is 5.54 Å². The molecule has 1 fully saturated rings. The Morgan fingerprint density at radius 3 is 2.75 bits per heavy atom. The highest BCUT2D eigenvalue weighted by Gasteiger charge is 2.39. The fraction of sp³-hybridized carbons (Fsp3) is 0.500. The van der Waals surface area contributed by atoms with E-state index in [2.05, 4.69) is 5.32 Å². The number of halogens is 3. The molecule has 0 radical (unpaired) electrons. The standard InChI is InChI=1S/C12H15ClFN.ClH/c1-12(11(14)7-4-8-15-12)9-5-2-3-6-10(9)13;/h2-3,5-6,11,15H,4,7-8H2,1H3;1H. The van der Waals surface area contributed by atoms with Crippen LogP contribution in [0.15, 0.2) is 24.3 Å². The molecule has 0 amide bonds. The summed E-state index contributed by atoms with van der Waals surface area (Å²) in [4.78, 5) is 0. The molecule has 2 rings (SSSR count). The molecule has 1 nitrogen and oxygen atoms in total. The van der Waals surface area contributed by atoms with E-state index >= 15 is 0 Å². The monoisotopic (exact) mass is 263 g/mol. The van der Waals surface area contributed by atoms with Crippen molar-refractivity contribution in [3.63, 3.8) is 0 Å². The van der Waals surface area contributed by atoms with Gasteiger partial charge in [0.2, 0.25) is 0 Å². The summed E-state index contributed by atoms with van der Waals surface area (Å²) >= 11 is 6.11. The van der Waals surface area contributed by atoms with E-state index in [0.29, 0.717) is 11.4 Å². The minimum absolute atomic E-state index is 0. The first kappa shape index (κ1) is 13.8. The van der Waals surface area contributed by atoms with Gasteiger partial charge >= 0.3 is 0 Å². The topological polar surface area (TPSA) is 12.0 Å². The van der Waals surface area contributed by atoms with Crippen LogP contribution in [0.3, 0.4) is 0 Å². The second-order valence-electron chi connectivity index (χ2n) is 4.22. The van der Waals surface area contributed by atoms with Crippen LogP contribution in [0.1, 0.15) is 25.3 Å². The normalized spacial score (nSPS) is 29.6. The van der Waals surface area contributed by atoms with Gasteiger partial charge in [0, 0.05) is 5.02 Å². The van der Waals surface area contributed by atoms with Crippen LogP contribution in [0, 0.1) is 0 Å². The molecule has 16 heavy (non-hydrogen) atoms. The van der Waals surface area contributed by atoms with Crippen molar-refractivity contribution >= 4 is 24.0 Å². The van der Waals surface area contributed by atoms with E-state index in [9.17, 15) is 4.39 Å². The summed E-state index contributed by atoms with van der Waals surface area (Å²) in [5.74, 6) is 0. The maximum Gasteiger partial charge on any atom is 0.122 e. The average Bonchev–Trinajstić information content (AvgIpc) is 2.23. The van der Waals surface area contributed by atoms with Crippen LogP contribution in [-0.4, -0.2) is 12.7 Å². The summed E-state index contributed by atoms with van der Waals surface area (Å²) in [6, 6.07) is 7.47. The number of hydrogen-bond acceptors (Lipinski definition) is 1. The molecule has 90 valence electrons. The number of piperidine rings is 1. The van der Waals surface area contributed by atoms with Gasteiger partial charge in [-0.1, -0.05) is 29.8 Å². The second-order valence-corrected chi connectivity index (χ2v) is 4.63. The Bertz CT molecular complexity index is 359. The van der Waals surface area contributed by atoms with Gasteiger partial charge in [0.15, 0.2) is 0 Å². The lowest BCUT2D eigenvalue weighted by Gasteiger charge is -2.39. The first-order valence-corrected chi connectivity index (χ1v) is 5.66. The Labute approximate surface area is 107 Å². The quantitative estimate of drug-likeness (QED) is 0.815. The Hall–Kier alpha value is -0.310. The molecule has 0 saturated carbocycles. The summed E-state index contributed by atoms with van der Waals surface area (Å²) in [5, 5.41) is 3.88. The molecule has 1 N–H and O–H groups in total. The van der Waals surface area contributed by atoms with Crippen LogP contribution in [0.2, 0.25) is 5.02 Å². The Morgan fingerprint density at radius 1 is 1.44 bits per heavy atom. The van der Waals surface area contributed by atoms with Crippen molar-refractivity contribution in [3.8, 4) is 0 Å². The molecular weight excluding hydrogens is 248 g/mol. The average molecular weight is 264 g/mol. The smallest absolute Gasteiger partial charge is 0.122 e. The summed E-state index contributed by atoms with van der Waals surface area (Å²) < 4.78 is 14.0. The molecule has 1 aromatic carbocycles. The molecule has 0 bridgehead atoms. The molecule has 1 saturated heterocycles. The maximum atomic E-state index is 14.0. The highest BCUT2D eigenvalue weighted by molar-refractivity contribution is 6.31. The minimum atomic E-state index is -0.869. The van der Waals surface area contributed by atoms with Crippen molar-refractivity contribution in [3.05, 3.63) is 34.9 Å². The van der Waals surface area contributed by atoms with Crippen molar-refractivity contribution in [1.82, 2.24) is 5.32 Å². The molecule has 0 spiro atoms. The summed E-state index contributed by atoms with van der Waals surface area (Å²) in [5.41, 5.74) is 0.232. The van der Waals surface area contributed by atoms with Crippen LogP contribution in [0.25, 0.3) is 0 Å². The molecule has 0 aliphatic carbocycles. The van der Waals surface area contributed by atoms with E-state index in [1.54, 1.807) is 0 Å². The third-order valence-electron chi connectivity index (χ3n) is 3.19. The van der Waals surface area contributed by atoms with Crippen LogP contribution >= 0.6 is 24.0 Å². The van der Waals surface area contributed by atoms with Crippen molar-refractivity contribution in [2.24, 2.45) is 0 Å². The molecule has 1 aliphatic heterocycles. The largest absolute Gasteiger partial charge is 0.305 e. The highest BCUT2D eigenvalue weighted by atomic mass is 35.5. The maximum absolute atomic E-state index is 14.0. The zero-order valence-electron chi connectivity index (χ0n) is 9.17. The second kappa shape index (κ2) is 5.35. The SMILES string of the molecule is CC1(c2ccccc2Cl)NCCCC1F.Cl. The Morgan fingerprint density at radius 2 is 2.12 bits per heavy atom. The summed E-state index contributed by atoms with van der Waals surface area (Å²) in [6.07, 6.45) is 0.627. The lowest BCUT2D eigenvalue weighted by atomic mass is 9.82. The van der Waals surface area contributed by atoms with Gasteiger partial charge in [-0.2, -0.15) is 0 Å². The van der Waals surface area contributed by atoms with Crippen LogP contribution in [0.4, 0.5) is 4.39 Å². The first-order chi connectivity index (χ1) is 7.14. The predicted molar refractivity (Wildman–Crippen MR) is 68.2 cm³/mol. The van der Waals surface area contributed by atoms with E-state index in [-0.39, 0.29) is 12.4 Å². The number of alkyl halides is 1. The van der Waals surface area contributed by atoms with Crippen LogP contribution < -0.4 is 5.32 Å². The third-order valence-corrected chi connectivity index (χ3v) is 3.52. The van der Waals surface area contributed by atoms with E-state index in [1.807, 2.05) is 31.2 Å². The molecule has 2 unspecified atom stereocenters. The van der Waals surface area contributed by atoms with Gasteiger partial charge in [-0.3, -0.25) is 0 Å². The van der Waals surface area contributed by atoms with Gasteiger partial charge in [-0.25, -0.2) is 4.39 Å². The zero-order chi connectivity index (χ0) is 10.9.